The lowest BCUT2D eigenvalue weighted by molar-refractivity contribution is -0.118. The number of unbranched alkanes of at least 4 members (excludes halogenated alkanes) is 4. The summed E-state index contributed by atoms with van der Waals surface area (Å²) in [6, 6.07) is 5.40. The lowest BCUT2D eigenvalue weighted by atomic mass is 10.0. The number of ether oxygens (including phenoxy) is 1. The Morgan fingerprint density at radius 3 is 2.63 bits per heavy atom. The maximum Gasteiger partial charge on any atom is 0.137 e. The van der Waals surface area contributed by atoms with Crippen LogP contribution in [0.3, 0.4) is 0 Å². The molecular formula is C16H23ClO2. The molecule has 0 saturated heterocycles. The minimum atomic E-state index is 0.261. The van der Waals surface area contributed by atoms with E-state index in [9.17, 15) is 4.79 Å². The standard InChI is InChI=1S/C16H23ClO2/c1-3-4-5-6-7-8-15(18)12-13-11-14(17)9-10-16(13)19-2/h9-11H,3-8,12H2,1-2H3. The van der Waals surface area contributed by atoms with Gasteiger partial charge in [0.05, 0.1) is 7.11 Å². The van der Waals surface area contributed by atoms with Crippen molar-refractivity contribution in [1.29, 1.82) is 0 Å². The molecule has 0 aliphatic heterocycles. The molecule has 0 aromatic heterocycles. The summed E-state index contributed by atoms with van der Waals surface area (Å²) in [6.07, 6.45) is 6.92. The number of rotatable bonds is 9. The average Bonchev–Trinajstić information content (AvgIpc) is 2.39. The van der Waals surface area contributed by atoms with Crippen molar-refractivity contribution < 1.29 is 9.53 Å². The zero-order valence-electron chi connectivity index (χ0n) is 11.9. The van der Waals surface area contributed by atoms with Crippen molar-refractivity contribution in [3.05, 3.63) is 28.8 Å². The average molecular weight is 283 g/mol. The number of hydrogen-bond donors (Lipinski definition) is 0. The summed E-state index contributed by atoms with van der Waals surface area (Å²) in [7, 11) is 1.61. The van der Waals surface area contributed by atoms with Crippen LogP contribution in [-0.4, -0.2) is 12.9 Å². The fourth-order valence-electron chi connectivity index (χ4n) is 2.11. The predicted octanol–water partition coefficient (Wildman–Crippen LogP) is 4.82. The molecule has 0 N–H and O–H groups in total. The Hall–Kier alpha value is -1.02. The van der Waals surface area contributed by atoms with E-state index in [4.69, 9.17) is 16.3 Å². The monoisotopic (exact) mass is 282 g/mol. The molecule has 1 aromatic carbocycles. The summed E-state index contributed by atoms with van der Waals surface area (Å²) in [5, 5.41) is 0.645. The van der Waals surface area contributed by atoms with Gasteiger partial charge < -0.3 is 4.74 Å². The molecule has 19 heavy (non-hydrogen) atoms. The van der Waals surface area contributed by atoms with Crippen LogP contribution in [0, 0.1) is 0 Å². The first-order valence-electron chi connectivity index (χ1n) is 7.01. The summed E-state index contributed by atoms with van der Waals surface area (Å²) in [4.78, 5) is 11.9. The number of Topliss-reactive ketones (excluding diaryl/α,β-unsaturated/α-hetero) is 1. The van der Waals surface area contributed by atoms with Crippen LogP contribution >= 0.6 is 11.6 Å². The van der Waals surface area contributed by atoms with Crippen molar-refractivity contribution in [1.82, 2.24) is 0 Å². The van der Waals surface area contributed by atoms with Crippen LogP contribution in [0.25, 0.3) is 0 Å². The van der Waals surface area contributed by atoms with Gasteiger partial charge >= 0.3 is 0 Å². The molecule has 0 heterocycles. The molecule has 0 aliphatic carbocycles. The predicted molar refractivity (Wildman–Crippen MR) is 80.1 cm³/mol. The Balaban J connectivity index is 2.41. The molecule has 0 amide bonds. The fourth-order valence-corrected chi connectivity index (χ4v) is 2.31. The van der Waals surface area contributed by atoms with Gasteiger partial charge in [0.2, 0.25) is 0 Å². The van der Waals surface area contributed by atoms with E-state index in [2.05, 4.69) is 6.92 Å². The topological polar surface area (TPSA) is 26.3 Å². The zero-order chi connectivity index (χ0) is 14.1. The Morgan fingerprint density at radius 1 is 1.21 bits per heavy atom. The second kappa shape index (κ2) is 8.98. The highest BCUT2D eigenvalue weighted by Gasteiger charge is 2.09. The van der Waals surface area contributed by atoms with E-state index in [0.29, 0.717) is 17.9 Å². The SMILES string of the molecule is CCCCCCCC(=O)Cc1cc(Cl)ccc1OC. The first-order valence-corrected chi connectivity index (χ1v) is 7.39. The third-order valence-corrected chi connectivity index (χ3v) is 3.42. The van der Waals surface area contributed by atoms with Gasteiger partial charge in [-0.05, 0) is 24.6 Å². The van der Waals surface area contributed by atoms with Crippen LogP contribution in [0.4, 0.5) is 0 Å². The fraction of sp³-hybridized carbons (Fsp3) is 0.562. The molecule has 2 nitrogen and oxygen atoms in total. The van der Waals surface area contributed by atoms with Gasteiger partial charge in [-0.15, -0.1) is 0 Å². The van der Waals surface area contributed by atoms with Gasteiger partial charge in [-0.3, -0.25) is 4.79 Å². The molecule has 0 aliphatic rings. The van der Waals surface area contributed by atoms with E-state index in [0.717, 1.165) is 24.2 Å². The van der Waals surface area contributed by atoms with Crippen molar-refractivity contribution in [2.45, 2.75) is 51.9 Å². The molecule has 0 unspecified atom stereocenters. The molecule has 3 heteroatoms. The lowest BCUT2D eigenvalue weighted by Gasteiger charge is -2.08. The summed E-state index contributed by atoms with van der Waals surface area (Å²) >= 11 is 5.95. The molecule has 0 radical (unpaired) electrons. The second-order valence-corrected chi connectivity index (χ2v) is 5.27. The number of benzene rings is 1. The Kier molecular flexibility index (Phi) is 7.57. The van der Waals surface area contributed by atoms with E-state index in [1.165, 1.54) is 19.3 Å². The quantitative estimate of drug-likeness (QED) is 0.607. The molecule has 0 saturated carbocycles. The van der Waals surface area contributed by atoms with Crippen molar-refractivity contribution in [2.75, 3.05) is 7.11 Å². The van der Waals surface area contributed by atoms with Crippen molar-refractivity contribution in [3.63, 3.8) is 0 Å². The van der Waals surface area contributed by atoms with Gasteiger partial charge in [-0.2, -0.15) is 0 Å². The van der Waals surface area contributed by atoms with E-state index in [-0.39, 0.29) is 5.78 Å². The van der Waals surface area contributed by atoms with Gasteiger partial charge in [0, 0.05) is 23.4 Å². The van der Waals surface area contributed by atoms with Crippen LogP contribution in [0.2, 0.25) is 5.02 Å². The molecular weight excluding hydrogens is 260 g/mol. The summed E-state index contributed by atoms with van der Waals surface area (Å²) < 4.78 is 5.25. The van der Waals surface area contributed by atoms with Crippen LogP contribution in [0.1, 0.15) is 51.0 Å². The van der Waals surface area contributed by atoms with E-state index >= 15 is 0 Å². The van der Waals surface area contributed by atoms with Crippen LogP contribution in [-0.2, 0) is 11.2 Å². The van der Waals surface area contributed by atoms with Crippen molar-refractivity contribution in [2.24, 2.45) is 0 Å². The van der Waals surface area contributed by atoms with Crippen LogP contribution in [0.15, 0.2) is 18.2 Å². The largest absolute Gasteiger partial charge is 0.496 e. The maximum absolute atomic E-state index is 11.9. The highest BCUT2D eigenvalue weighted by molar-refractivity contribution is 6.30. The number of methoxy groups -OCH3 is 1. The van der Waals surface area contributed by atoms with Crippen LogP contribution in [0.5, 0.6) is 5.75 Å². The Labute approximate surface area is 121 Å². The van der Waals surface area contributed by atoms with E-state index in [1.54, 1.807) is 13.2 Å². The first kappa shape index (κ1) is 16.0. The third kappa shape index (κ3) is 6.11. The molecule has 106 valence electrons. The first-order chi connectivity index (χ1) is 9.17. The number of carbonyl (C=O) groups is 1. The second-order valence-electron chi connectivity index (χ2n) is 4.84. The van der Waals surface area contributed by atoms with Gasteiger partial charge in [-0.1, -0.05) is 44.2 Å². The summed E-state index contributed by atoms with van der Waals surface area (Å²) in [6.45, 7) is 2.19. The number of halogens is 1. The van der Waals surface area contributed by atoms with Gasteiger partial charge in [0.25, 0.3) is 0 Å². The minimum Gasteiger partial charge on any atom is -0.496 e. The number of hydrogen-bond acceptors (Lipinski definition) is 2. The molecule has 1 rings (SSSR count). The van der Waals surface area contributed by atoms with E-state index < -0.39 is 0 Å². The summed E-state index contributed by atoms with van der Waals surface area (Å²) in [5.74, 6) is 1.00. The van der Waals surface area contributed by atoms with E-state index in [1.807, 2.05) is 12.1 Å². The maximum atomic E-state index is 11.9. The lowest BCUT2D eigenvalue weighted by Crippen LogP contribution is -2.04. The number of ketones is 1. The smallest absolute Gasteiger partial charge is 0.137 e. The highest BCUT2D eigenvalue weighted by atomic mass is 35.5. The summed E-state index contributed by atoms with van der Waals surface area (Å²) in [5.41, 5.74) is 0.883. The third-order valence-electron chi connectivity index (χ3n) is 3.19. The number of carbonyl (C=O) groups excluding carboxylic acids is 1. The molecule has 0 spiro atoms. The van der Waals surface area contributed by atoms with Gasteiger partial charge in [-0.25, -0.2) is 0 Å². The zero-order valence-corrected chi connectivity index (χ0v) is 12.6. The molecule has 0 fully saturated rings. The Bertz CT molecular complexity index is 402. The highest BCUT2D eigenvalue weighted by Crippen LogP contribution is 2.23. The van der Waals surface area contributed by atoms with Crippen molar-refractivity contribution >= 4 is 17.4 Å². The Morgan fingerprint density at radius 2 is 1.95 bits per heavy atom. The van der Waals surface area contributed by atoms with Gasteiger partial charge in [0.15, 0.2) is 0 Å². The normalized spacial score (nSPS) is 10.5. The minimum absolute atomic E-state index is 0.261. The van der Waals surface area contributed by atoms with Crippen molar-refractivity contribution in [3.8, 4) is 5.75 Å². The molecule has 0 bridgehead atoms. The molecule has 1 aromatic rings. The molecule has 0 atom stereocenters. The van der Waals surface area contributed by atoms with Crippen LogP contribution < -0.4 is 4.74 Å². The van der Waals surface area contributed by atoms with Gasteiger partial charge in [0.1, 0.15) is 11.5 Å².